The molecule has 0 aromatic heterocycles. The zero-order valence-corrected chi connectivity index (χ0v) is 9.30. The molecule has 0 heterocycles. The number of aryl methyl sites for hydroxylation is 2. The van der Waals surface area contributed by atoms with Gasteiger partial charge in [0.05, 0.1) is 0 Å². The molecule has 2 N–H and O–H groups in total. The average molecular weight is 189 g/mol. The Kier molecular flexibility index (Phi) is 2.36. The van der Waals surface area contributed by atoms with Gasteiger partial charge >= 0.3 is 0 Å². The van der Waals surface area contributed by atoms with E-state index in [4.69, 9.17) is 5.73 Å². The van der Waals surface area contributed by atoms with E-state index in [-0.39, 0.29) is 6.04 Å². The van der Waals surface area contributed by atoms with Crippen molar-refractivity contribution in [3.8, 4) is 0 Å². The lowest BCUT2D eigenvalue weighted by Gasteiger charge is -2.30. The van der Waals surface area contributed by atoms with Crippen molar-refractivity contribution in [2.75, 3.05) is 0 Å². The lowest BCUT2D eigenvalue weighted by molar-refractivity contribution is 0.509. The molecular formula is C13H19N. The number of hydrogen-bond donors (Lipinski definition) is 1. The molecule has 14 heavy (non-hydrogen) atoms. The van der Waals surface area contributed by atoms with Crippen molar-refractivity contribution in [3.63, 3.8) is 0 Å². The second kappa shape index (κ2) is 3.39. The second-order valence-corrected chi connectivity index (χ2v) is 4.61. The molecule has 0 amide bonds. The van der Waals surface area contributed by atoms with Crippen LogP contribution in [0.25, 0.3) is 0 Å². The highest BCUT2D eigenvalue weighted by atomic mass is 14.6. The van der Waals surface area contributed by atoms with E-state index < -0.39 is 0 Å². The highest BCUT2D eigenvalue weighted by Gasteiger charge is 2.24. The van der Waals surface area contributed by atoms with Crippen LogP contribution in [0.15, 0.2) is 12.1 Å². The first-order chi connectivity index (χ1) is 6.61. The molecule has 1 aliphatic carbocycles. The number of benzene rings is 1. The number of fused-ring (bicyclic) bond motifs is 1. The quantitative estimate of drug-likeness (QED) is 0.666. The molecule has 0 aliphatic heterocycles. The van der Waals surface area contributed by atoms with Crippen LogP contribution in [0.3, 0.4) is 0 Å². The normalized spacial score (nSPS) is 26.0. The maximum atomic E-state index is 6.18. The molecule has 1 aromatic carbocycles. The first kappa shape index (κ1) is 9.72. The lowest BCUT2D eigenvalue weighted by atomic mass is 9.77. The molecule has 0 bridgehead atoms. The van der Waals surface area contributed by atoms with E-state index in [0.717, 1.165) is 6.42 Å². The first-order valence-corrected chi connectivity index (χ1v) is 5.47. The number of hydrogen-bond acceptors (Lipinski definition) is 1. The van der Waals surface area contributed by atoms with Crippen LogP contribution in [0.2, 0.25) is 0 Å². The van der Waals surface area contributed by atoms with Crippen molar-refractivity contribution >= 4 is 0 Å². The van der Waals surface area contributed by atoms with Gasteiger partial charge in [-0.25, -0.2) is 0 Å². The van der Waals surface area contributed by atoms with Crippen molar-refractivity contribution in [2.24, 2.45) is 5.73 Å². The molecule has 1 aliphatic rings. The van der Waals surface area contributed by atoms with Gasteiger partial charge in [-0.1, -0.05) is 19.1 Å². The van der Waals surface area contributed by atoms with Crippen LogP contribution in [0.5, 0.6) is 0 Å². The Balaban J connectivity index is 2.65. The molecular weight excluding hydrogens is 170 g/mol. The van der Waals surface area contributed by atoms with Crippen molar-refractivity contribution < 1.29 is 0 Å². The van der Waals surface area contributed by atoms with Gasteiger partial charge in [-0.3, -0.25) is 0 Å². The summed E-state index contributed by atoms with van der Waals surface area (Å²) in [5.74, 6) is 0.685. The van der Waals surface area contributed by atoms with Crippen molar-refractivity contribution in [1.29, 1.82) is 0 Å². The predicted octanol–water partition coefficient (Wildman–Crippen LogP) is 3.20. The molecule has 1 nitrogen and oxygen atoms in total. The van der Waals surface area contributed by atoms with Gasteiger partial charge in [0, 0.05) is 6.04 Å². The molecule has 0 saturated carbocycles. The fourth-order valence-corrected chi connectivity index (χ4v) is 2.72. The highest BCUT2D eigenvalue weighted by molar-refractivity contribution is 5.45. The van der Waals surface area contributed by atoms with E-state index in [1.807, 2.05) is 0 Å². The summed E-state index contributed by atoms with van der Waals surface area (Å²) in [5.41, 5.74) is 11.9. The lowest BCUT2D eigenvalue weighted by Crippen LogP contribution is -2.21. The Morgan fingerprint density at radius 3 is 2.21 bits per heavy atom. The van der Waals surface area contributed by atoms with Crippen LogP contribution < -0.4 is 5.73 Å². The largest absolute Gasteiger partial charge is 0.324 e. The number of rotatable bonds is 0. The third kappa shape index (κ3) is 1.36. The zero-order chi connectivity index (χ0) is 10.3. The van der Waals surface area contributed by atoms with Crippen LogP contribution in [-0.2, 0) is 0 Å². The molecule has 1 unspecified atom stereocenters. The maximum Gasteiger partial charge on any atom is 0.0300 e. The van der Waals surface area contributed by atoms with Gasteiger partial charge in [-0.2, -0.15) is 0 Å². The van der Waals surface area contributed by atoms with Crippen LogP contribution in [0.1, 0.15) is 54.0 Å². The maximum absolute atomic E-state index is 6.18. The molecule has 0 spiro atoms. The first-order valence-electron chi connectivity index (χ1n) is 5.47. The average Bonchev–Trinajstić information content (AvgIpc) is 2.16. The minimum absolute atomic E-state index is 0.265. The van der Waals surface area contributed by atoms with Crippen molar-refractivity contribution in [3.05, 3.63) is 34.4 Å². The Bertz CT molecular complexity index is 319. The Hall–Kier alpha value is -0.820. The third-order valence-electron chi connectivity index (χ3n) is 3.50. The minimum Gasteiger partial charge on any atom is -0.324 e. The van der Waals surface area contributed by atoms with Gasteiger partial charge in [-0.05, 0) is 54.9 Å². The van der Waals surface area contributed by atoms with Gasteiger partial charge in [-0.15, -0.1) is 0 Å². The van der Waals surface area contributed by atoms with E-state index >= 15 is 0 Å². The summed E-state index contributed by atoms with van der Waals surface area (Å²) in [6.07, 6.45) is 2.37. The van der Waals surface area contributed by atoms with Gasteiger partial charge in [0.15, 0.2) is 0 Å². The van der Waals surface area contributed by atoms with Gasteiger partial charge in [0.1, 0.15) is 0 Å². The molecule has 2 atom stereocenters. The standard InChI is InChI=1S/C13H19N/c1-8-4-5-10(3)13-11(14)7-6-9(2)12(8)13/h4-5,9,11H,6-7,14H2,1-3H3/t9?,11-/m1/s1. The van der Waals surface area contributed by atoms with Crippen LogP contribution >= 0.6 is 0 Å². The SMILES string of the molecule is Cc1ccc(C)c2c1C(C)CC[C@H]2N. The smallest absolute Gasteiger partial charge is 0.0300 e. The molecule has 1 aromatic rings. The molecule has 0 fully saturated rings. The van der Waals surface area contributed by atoms with Gasteiger partial charge < -0.3 is 5.73 Å². The highest BCUT2D eigenvalue weighted by Crippen LogP contribution is 2.39. The molecule has 1 heteroatoms. The zero-order valence-electron chi connectivity index (χ0n) is 9.30. The van der Waals surface area contributed by atoms with Gasteiger partial charge in [0.25, 0.3) is 0 Å². The van der Waals surface area contributed by atoms with E-state index in [1.165, 1.54) is 28.7 Å². The molecule has 0 radical (unpaired) electrons. The molecule has 2 rings (SSSR count). The Morgan fingerprint density at radius 2 is 1.64 bits per heavy atom. The topological polar surface area (TPSA) is 26.0 Å². The summed E-state index contributed by atoms with van der Waals surface area (Å²) in [6, 6.07) is 4.69. The summed E-state index contributed by atoms with van der Waals surface area (Å²) >= 11 is 0. The third-order valence-corrected chi connectivity index (χ3v) is 3.50. The Morgan fingerprint density at radius 1 is 1.07 bits per heavy atom. The fourth-order valence-electron chi connectivity index (χ4n) is 2.72. The Labute approximate surface area is 86.3 Å². The summed E-state index contributed by atoms with van der Waals surface area (Å²) in [5, 5.41) is 0. The minimum atomic E-state index is 0.265. The van der Waals surface area contributed by atoms with Crippen LogP contribution in [0, 0.1) is 13.8 Å². The summed E-state index contributed by atoms with van der Waals surface area (Å²) in [7, 11) is 0. The summed E-state index contributed by atoms with van der Waals surface area (Å²) < 4.78 is 0. The summed E-state index contributed by atoms with van der Waals surface area (Å²) in [4.78, 5) is 0. The fraction of sp³-hybridized carbons (Fsp3) is 0.538. The van der Waals surface area contributed by atoms with Crippen molar-refractivity contribution in [2.45, 2.75) is 45.6 Å². The van der Waals surface area contributed by atoms with E-state index in [2.05, 4.69) is 32.9 Å². The van der Waals surface area contributed by atoms with Crippen molar-refractivity contribution in [1.82, 2.24) is 0 Å². The van der Waals surface area contributed by atoms with E-state index in [1.54, 1.807) is 0 Å². The van der Waals surface area contributed by atoms with Crippen LogP contribution in [-0.4, -0.2) is 0 Å². The molecule has 0 saturated heterocycles. The molecule has 76 valence electrons. The summed E-state index contributed by atoms with van der Waals surface area (Å²) in [6.45, 7) is 6.69. The number of nitrogens with two attached hydrogens (primary N) is 1. The van der Waals surface area contributed by atoms with E-state index in [0.29, 0.717) is 5.92 Å². The van der Waals surface area contributed by atoms with Gasteiger partial charge in [0.2, 0.25) is 0 Å². The van der Waals surface area contributed by atoms with E-state index in [9.17, 15) is 0 Å². The monoisotopic (exact) mass is 189 g/mol. The van der Waals surface area contributed by atoms with Crippen LogP contribution in [0.4, 0.5) is 0 Å². The predicted molar refractivity (Wildman–Crippen MR) is 60.5 cm³/mol. The second-order valence-electron chi connectivity index (χ2n) is 4.61.